The van der Waals surface area contributed by atoms with Crippen LogP contribution in [-0.2, 0) is 13.1 Å². The number of nitrogens with one attached hydrogen (secondary N) is 1. The Morgan fingerprint density at radius 1 is 1.33 bits per heavy atom. The van der Waals surface area contributed by atoms with E-state index in [0.29, 0.717) is 17.9 Å². The molecular weight excluding hydrogens is 290 g/mol. The number of hydrogen-bond donors (Lipinski definition) is 2. The third-order valence-electron chi connectivity index (χ3n) is 3.14. The maximum atomic E-state index is 11.5. The lowest BCUT2D eigenvalue weighted by molar-refractivity contribution is 0.0952. The Balaban J connectivity index is 2.01. The summed E-state index contributed by atoms with van der Waals surface area (Å²) in [5.74, 6) is 6.08. The highest BCUT2D eigenvalue weighted by molar-refractivity contribution is 6.30. The van der Waals surface area contributed by atoms with Gasteiger partial charge in [0.15, 0.2) is 0 Å². The average molecular weight is 308 g/mol. The van der Waals surface area contributed by atoms with Crippen LogP contribution in [0, 0.1) is 6.92 Å². The molecule has 112 valence electrons. The molecule has 1 amide bonds. The van der Waals surface area contributed by atoms with E-state index < -0.39 is 0 Å². The lowest BCUT2D eigenvalue weighted by atomic mass is 10.2. The van der Waals surface area contributed by atoms with Gasteiger partial charge in [0, 0.05) is 11.6 Å². The minimum absolute atomic E-state index is 0.345. The number of hydrazine groups is 1. The Morgan fingerprint density at radius 3 is 2.62 bits per heavy atom. The summed E-state index contributed by atoms with van der Waals surface area (Å²) < 4.78 is 5.59. The van der Waals surface area contributed by atoms with Gasteiger partial charge in [-0.2, -0.15) is 0 Å². The summed E-state index contributed by atoms with van der Waals surface area (Å²) in [7, 11) is 1.98. The number of nitrogens with zero attached hydrogens (tertiary/aromatic N) is 1. The van der Waals surface area contributed by atoms with Crippen LogP contribution in [-0.4, -0.2) is 17.9 Å². The number of amides is 1. The van der Waals surface area contributed by atoms with Gasteiger partial charge in [0.05, 0.1) is 12.1 Å². The van der Waals surface area contributed by atoms with Gasteiger partial charge in [-0.3, -0.25) is 15.1 Å². The summed E-state index contributed by atoms with van der Waals surface area (Å²) in [6.45, 7) is 3.10. The van der Waals surface area contributed by atoms with Gasteiger partial charge >= 0.3 is 0 Å². The number of halogens is 1. The molecular formula is C15H18ClN3O2. The molecule has 0 aliphatic heterocycles. The van der Waals surface area contributed by atoms with Gasteiger partial charge in [0.2, 0.25) is 0 Å². The van der Waals surface area contributed by atoms with Crippen molar-refractivity contribution < 1.29 is 9.21 Å². The molecule has 0 unspecified atom stereocenters. The molecule has 5 nitrogen and oxygen atoms in total. The first-order valence-electron chi connectivity index (χ1n) is 6.53. The van der Waals surface area contributed by atoms with E-state index in [1.54, 1.807) is 13.0 Å². The van der Waals surface area contributed by atoms with Crippen molar-refractivity contribution in [3.8, 4) is 0 Å². The standard InChI is InChI=1S/C15H18ClN3O2/c1-10-14(15(20)18-17)7-13(21-10)9-19(2)8-11-3-5-12(16)6-4-11/h3-7H,8-9,17H2,1-2H3,(H,18,20). The maximum Gasteiger partial charge on any atom is 0.268 e. The number of carbonyl (C=O) groups is 1. The lowest BCUT2D eigenvalue weighted by Crippen LogP contribution is -2.30. The molecule has 21 heavy (non-hydrogen) atoms. The quantitative estimate of drug-likeness (QED) is 0.506. The average Bonchev–Trinajstić information content (AvgIpc) is 2.81. The van der Waals surface area contributed by atoms with Crippen molar-refractivity contribution in [2.24, 2.45) is 5.84 Å². The Hall–Kier alpha value is -1.82. The number of aryl methyl sites for hydroxylation is 1. The van der Waals surface area contributed by atoms with E-state index >= 15 is 0 Å². The zero-order valence-electron chi connectivity index (χ0n) is 12.0. The maximum absolute atomic E-state index is 11.5. The van der Waals surface area contributed by atoms with Crippen LogP contribution in [0.3, 0.4) is 0 Å². The molecule has 0 radical (unpaired) electrons. The number of hydrogen-bond acceptors (Lipinski definition) is 4. The van der Waals surface area contributed by atoms with Crippen molar-refractivity contribution in [1.29, 1.82) is 0 Å². The molecule has 0 saturated carbocycles. The van der Waals surface area contributed by atoms with Crippen LogP contribution >= 0.6 is 11.6 Å². The third-order valence-corrected chi connectivity index (χ3v) is 3.39. The number of carbonyl (C=O) groups excluding carboxylic acids is 1. The molecule has 0 spiro atoms. The lowest BCUT2D eigenvalue weighted by Gasteiger charge is -2.15. The molecule has 1 heterocycles. The highest BCUT2D eigenvalue weighted by Crippen LogP contribution is 2.17. The highest BCUT2D eigenvalue weighted by atomic mass is 35.5. The summed E-state index contributed by atoms with van der Waals surface area (Å²) in [5, 5.41) is 0.723. The summed E-state index contributed by atoms with van der Waals surface area (Å²) in [6, 6.07) is 9.42. The summed E-state index contributed by atoms with van der Waals surface area (Å²) in [5.41, 5.74) is 3.73. The summed E-state index contributed by atoms with van der Waals surface area (Å²) in [4.78, 5) is 13.6. The van der Waals surface area contributed by atoms with E-state index in [2.05, 4.69) is 10.3 Å². The van der Waals surface area contributed by atoms with Gasteiger partial charge < -0.3 is 4.42 Å². The van der Waals surface area contributed by atoms with E-state index in [4.69, 9.17) is 21.9 Å². The molecule has 1 aromatic carbocycles. The topological polar surface area (TPSA) is 71.5 Å². The van der Waals surface area contributed by atoms with E-state index in [-0.39, 0.29) is 5.91 Å². The van der Waals surface area contributed by atoms with E-state index in [9.17, 15) is 4.79 Å². The predicted octanol–water partition coefficient (Wildman–Crippen LogP) is 2.48. The van der Waals surface area contributed by atoms with Gasteiger partial charge in [-0.25, -0.2) is 5.84 Å². The number of nitrogen functional groups attached to an aromatic ring is 1. The molecule has 0 aliphatic carbocycles. The Labute approximate surface area is 128 Å². The Kier molecular flexibility index (Phi) is 5.01. The smallest absolute Gasteiger partial charge is 0.268 e. The first-order chi connectivity index (χ1) is 9.99. The summed E-state index contributed by atoms with van der Waals surface area (Å²) >= 11 is 5.86. The second-order valence-corrected chi connectivity index (χ2v) is 5.39. The van der Waals surface area contributed by atoms with Crippen LogP contribution in [0.1, 0.15) is 27.4 Å². The first kappa shape index (κ1) is 15.6. The van der Waals surface area contributed by atoms with Crippen molar-refractivity contribution in [3.05, 3.63) is 58.0 Å². The number of furan rings is 1. The van der Waals surface area contributed by atoms with Crippen LogP contribution in [0.5, 0.6) is 0 Å². The predicted molar refractivity (Wildman–Crippen MR) is 81.7 cm³/mol. The van der Waals surface area contributed by atoms with Gasteiger partial charge in [-0.1, -0.05) is 23.7 Å². The monoisotopic (exact) mass is 307 g/mol. The molecule has 6 heteroatoms. The molecule has 1 aromatic heterocycles. The van der Waals surface area contributed by atoms with Crippen LogP contribution in [0.15, 0.2) is 34.7 Å². The largest absolute Gasteiger partial charge is 0.464 e. The van der Waals surface area contributed by atoms with E-state index in [1.807, 2.05) is 31.3 Å². The third kappa shape index (κ3) is 4.07. The molecule has 0 fully saturated rings. The zero-order chi connectivity index (χ0) is 15.4. The van der Waals surface area contributed by atoms with Crippen molar-refractivity contribution in [2.75, 3.05) is 7.05 Å². The second kappa shape index (κ2) is 6.76. The molecule has 0 bridgehead atoms. The fourth-order valence-corrected chi connectivity index (χ4v) is 2.27. The van der Waals surface area contributed by atoms with Gasteiger partial charge in [0.25, 0.3) is 5.91 Å². The van der Waals surface area contributed by atoms with E-state index in [1.165, 1.54) is 0 Å². The van der Waals surface area contributed by atoms with Crippen molar-refractivity contribution in [3.63, 3.8) is 0 Å². The van der Waals surface area contributed by atoms with Gasteiger partial charge in [-0.05, 0) is 37.7 Å². The van der Waals surface area contributed by atoms with Crippen LogP contribution in [0.2, 0.25) is 5.02 Å². The van der Waals surface area contributed by atoms with Crippen LogP contribution in [0.25, 0.3) is 0 Å². The minimum atomic E-state index is -0.345. The van der Waals surface area contributed by atoms with Crippen molar-refractivity contribution in [2.45, 2.75) is 20.0 Å². The summed E-state index contributed by atoms with van der Waals surface area (Å²) in [6.07, 6.45) is 0. The van der Waals surface area contributed by atoms with Gasteiger partial charge in [0.1, 0.15) is 11.5 Å². The normalized spacial score (nSPS) is 10.9. The zero-order valence-corrected chi connectivity index (χ0v) is 12.8. The molecule has 3 N–H and O–H groups in total. The first-order valence-corrected chi connectivity index (χ1v) is 6.90. The Morgan fingerprint density at radius 2 is 2.00 bits per heavy atom. The van der Waals surface area contributed by atoms with Crippen LogP contribution < -0.4 is 11.3 Å². The Bertz CT molecular complexity index is 622. The molecule has 0 saturated heterocycles. The molecule has 0 atom stereocenters. The minimum Gasteiger partial charge on any atom is -0.464 e. The fraction of sp³-hybridized carbons (Fsp3) is 0.267. The molecule has 0 aliphatic rings. The van der Waals surface area contributed by atoms with Crippen molar-refractivity contribution >= 4 is 17.5 Å². The fourth-order valence-electron chi connectivity index (χ4n) is 2.15. The van der Waals surface area contributed by atoms with Gasteiger partial charge in [-0.15, -0.1) is 0 Å². The number of nitrogens with two attached hydrogens (primary N) is 1. The van der Waals surface area contributed by atoms with Crippen LogP contribution in [0.4, 0.5) is 0 Å². The molecule has 2 aromatic rings. The second-order valence-electron chi connectivity index (χ2n) is 4.95. The van der Waals surface area contributed by atoms with E-state index in [0.717, 1.165) is 22.9 Å². The SMILES string of the molecule is Cc1oc(CN(C)Cc2ccc(Cl)cc2)cc1C(=O)NN. The molecule has 2 rings (SSSR count). The number of benzene rings is 1. The number of rotatable bonds is 5. The van der Waals surface area contributed by atoms with Crippen molar-refractivity contribution in [1.82, 2.24) is 10.3 Å². The highest BCUT2D eigenvalue weighted by Gasteiger charge is 2.15.